The van der Waals surface area contributed by atoms with Crippen LogP contribution in [0.2, 0.25) is 10.0 Å². The fraction of sp³-hybridized carbons (Fsp3) is 0. The van der Waals surface area contributed by atoms with Crippen molar-refractivity contribution in [3.63, 3.8) is 0 Å². The van der Waals surface area contributed by atoms with Gasteiger partial charge < -0.3 is 9.72 Å². The molecule has 0 aliphatic heterocycles. The minimum absolute atomic E-state index is 0.149. The third kappa shape index (κ3) is 6.19. The van der Waals surface area contributed by atoms with Gasteiger partial charge in [-0.15, -0.1) is 0 Å². The van der Waals surface area contributed by atoms with Crippen LogP contribution in [0.3, 0.4) is 0 Å². The average molecular weight is 765 g/mol. The Morgan fingerprint density at radius 2 is 1.68 bits per heavy atom. The molecule has 0 aliphatic carbocycles. The Labute approximate surface area is 264 Å². The fourth-order valence-electron chi connectivity index (χ4n) is 4.04. The third-order valence-corrected chi connectivity index (χ3v) is 7.89. The SMILES string of the molecule is O=C(Oc1c(Br)cc(Br)cc1C=NNC(=O)c1[nH]c2ccc(Br)cc2c1-c1ccccc1)c1ccc(Cl)cc1Cl. The Bertz CT molecular complexity index is 1810. The van der Waals surface area contributed by atoms with Gasteiger partial charge in [-0.05, 0) is 70.0 Å². The zero-order valence-corrected chi connectivity index (χ0v) is 26.4. The number of fused-ring (bicyclic) bond motifs is 1. The number of hydrogen-bond acceptors (Lipinski definition) is 4. The second kappa shape index (κ2) is 12.3. The number of nitrogens with zero attached hydrogens (tertiary/aromatic N) is 1. The van der Waals surface area contributed by atoms with E-state index in [9.17, 15) is 9.59 Å². The van der Waals surface area contributed by atoms with Crippen LogP contribution in [0, 0.1) is 0 Å². The van der Waals surface area contributed by atoms with Crippen LogP contribution in [0.5, 0.6) is 5.75 Å². The van der Waals surface area contributed by atoms with Gasteiger partial charge in [0.05, 0.1) is 21.3 Å². The largest absolute Gasteiger partial charge is 0.421 e. The van der Waals surface area contributed by atoms with Gasteiger partial charge in [0.15, 0.2) is 5.75 Å². The van der Waals surface area contributed by atoms with Gasteiger partial charge in [-0.25, -0.2) is 10.2 Å². The summed E-state index contributed by atoms with van der Waals surface area (Å²) in [7, 11) is 0. The summed E-state index contributed by atoms with van der Waals surface area (Å²) < 4.78 is 7.74. The number of hydrogen-bond donors (Lipinski definition) is 2. The summed E-state index contributed by atoms with van der Waals surface area (Å²) in [6.07, 6.45) is 1.39. The van der Waals surface area contributed by atoms with Crippen molar-refractivity contribution in [2.45, 2.75) is 0 Å². The molecule has 0 unspecified atom stereocenters. The highest BCUT2D eigenvalue weighted by Gasteiger charge is 2.20. The molecule has 0 saturated heterocycles. The number of carbonyl (C=O) groups is 2. The maximum absolute atomic E-state index is 13.3. The molecule has 6 nitrogen and oxygen atoms in total. The third-order valence-electron chi connectivity index (χ3n) is 5.80. The molecule has 0 radical (unpaired) electrons. The second-order valence-corrected chi connectivity index (χ2v) is 12.0. The number of nitrogens with one attached hydrogen (secondary N) is 2. The number of carbonyl (C=O) groups excluding carboxylic acids is 2. The molecule has 2 N–H and O–H groups in total. The Hall–Kier alpha value is -2.95. The van der Waals surface area contributed by atoms with E-state index in [1.807, 2.05) is 48.5 Å². The number of aromatic nitrogens is 1. The zero-order valence-electron chi connectivity index (χ0n) is 20.1. The number of halogens is 5. The number of aromatic amines is 1. The summed E-state index contributed by atoms with van der Waals surface area (Å²) in [6, 6.07) is 23.3. The molecule has 11 heteroatoms. The van der Waals surface area contributed by atoms with Gasteiger partial charge in [-0.1, -0.05) is 85.4 Å². The van der Waals surface area contributed by atoms with Crippen LogP contribution in [0.4, 0.5) is 0 Å². The van der Waals surface area contributed by atoms with Crippen molar-refractivity contribution in [1.29, 1.82) is 0 Å². The number of amides is 1. The zero-order chi connectivity index (χ0) is 28.4. The standard InChI is InChI=1S/C29H16Br3Cl2N3O3/c30-17-6-9-24-21(11-17)25(15-4-2-1-3-5-15)26(36-24)28(38)37-35-14-16-10-18(31)12-22(32)27(16)40-29(39)20-8-7-19(33)13-23(20)34/h1-14,36H,(H,37,38). The lowest BCUT2D eigenvalue weighted by Crippen LogP contribution is -2.19. The van der Waals surface area contributed by atoms with Crippen molar-refractivity contribution < 1.29 is 14.3 Å². The number of H-pyrrole nitrogens is 1. The highest BCUT2D eigenvalue weighted by atomic mass is 79.9. The fourth-order valence-corrected chi connectivity index (χ4v) is 6.23. The van der Waals surface area contributed by atoms with Gasteiger partial charge in [-0.3, -0.25) is 4.79 Å². The van der Waals surface area contributed by atoms with E-state index in [-0.39, 0.29) is 16.3 Å². The van der Waals surface area contributed by atoms with Crippen molar-refractivity contribution in [2.24, 2.45) is 5.10 Å². The first kappa shape index (κ1) is 28.6. The predicted octanol–water partition coefficient (Wildman–Crippen LogP) is 9.41. The number of hydrazone groups is 1. The van der Waals surface area contributed by atoms with Gasteiger partial charge in [0, 0.05) is 36.0 Å². The molecule has 5 rings (SSSR count). The van der Waals surface area contributed by atoms with Crippen LogP contribution >= 0.6 is 71.0 Å². The molecule has 0 spiro atoms. The Morgan fingerprint density at radius 3 is 2.42 bits per heavy atom. The number of benzene rings is 4. The summed E-state index contributed by atoms with van der Waals surface area (Å²) in [5.41, 5.74) is 5.95. The van der Waals surface area contributed by atoms with E-state index in [0.29, 0.717) is 25.2 Å². The Morgan fingerprint density at radius 1 is 0.900 bits per heavy atom. The molecule has 0 aliphatic rings. The van der Waals surface area contributed by atoms with E-state index < -0.39 is 11.9 Å². The number of ether oxygens (including phenoxy) is 1. The maximum Gasteiger partial charge on any atom is 0.345 e. The van der Waals surface area contributed by atoms with Crippen molar-refractivity contribution in [3.8, 4) is 16.9 Å². The van der Waals surface area contributed by atoms with E-state index in [0.717, 1.165) is 26.5 Å². The molecule has 1 aromatic heterocycles. The second-order valence-electron chi connectivity index (χ2n) is 8.45. The highest BCUT2D eigenvalue weighted by Crippen LogP contribution is 2.35. The summed E-state index contributed by atoms with van der Waals surface area (Å²) in [5.74, 6) is -0.930. The first-order chi connectivity index (χ1) is 19.2. The minimum atomic E-state index is -0.680. The molecule has 1 heterocycles. The number of esters is 1. The van der Waals surface area contributed by atoms with Crippen molar-refractivity contribution in [3.05, 3.63) is 119 Å². The van der Waals surface area contributed by atoms with Crippen molar-refractivity contribution >= 4 is 100.0 Å². The molecule has 200 valence electrons. The van der Waals surface area contributed by atoms with Gasteiger partial charge >= 0.3 is 5.97 Å². The minimum Gasteiger partial charge on any atom is -0.421 e. The van der Waals surface area contributed by atoms with Gasteiger partial charge in [0.1, 0.15) is 5.69 Å². The maximum atomic E-state index is 13.3. The molecule has 0 fully saturated rings. The molecule has 0 saturated carbocycles. The summed E-state index contributed by atoms with van der Waals surface area (Å²) in [6.45, 7) is 0. The molecule has 4 aromatic carbocycles. The van der Waals surface area contributed by atoms with Gasteiger partial charge in [0.2, 0.25) is 0 Å². The van der Waals surface area contributed by atoms with Crippen LogP contribution in [0.15, 0.2) is 97.4 Å². The summed E-state index contributed by atoms with van der Waals surface area (Å²) >= 11 is 22.5. The van der Waals surface area contributed by atoms with Gasteiger partial charge in [0.25, 0.3) is 5.91 Å². The van der Waals surface area contributed by atoms with E-state index in [1.165, 1.54) is 18.3 Å². The highest BCUT2D eigenvalue weighted by molar-refractivity contribution is 9.11. The van der Waals surface area contributed by atoms with Gasteiger partial charge in [-0.2, -0.15) is 5.10 Å². The Balaban J connectivity index is 1.44. The van der Waals surface area contributed by atoms with Crippen LogP contribution in [-0.4, -0.2) is 23.1 Å². The predicted molar refractivity (Wildman–Crippen MR) is 170 cm³/mol. The van der Waals surface area contributed by atoms with E-state index in [2.05, 4.69) is 63.3 Å². The smallest absolute Gasteiger partial charge is 0.345 e. The lowest BCUT2D eigenvalue weighted by atomic mass is 10.0. The monoisotopic (exact) mass is 761 g/mol. The average Bonchev–Trinajstić information content (AvgIpc) is 3.29. The molecular weight excluding hydrogens is 749 g/mol. The van der Waals surface area contributed by atoms with Crippen LogP contribution in [0.1, 0.15) is 26.4 Å². The van der Waals surface area contributed by atoms with Crippen molar-refractivity contribution in [1.82, 2.24) is 10.4 Å². The first-order valence-electron chi connectivity index (χ1n) is 11.6. The molecular formula is C29H16Br3Cl2N3O3. The van der Waals surface area contributed by atoms with Crippen LogP contribution in [0.25, 0.3) is 22.0 Å². The topological polar surface area (TPSA) is 83.5 Å². The molecule has 40 heavy (non-hydrogen) atoms. The Kier molecular flexibility index (Phi) is 8.77. The molecule has 1 amide bonds. The van der Waals surface area contributed by atoms with Crippen LogP contribution < -0.4 is 10.2 Å². The summed E-state index contributed by atoms with van der Waals surface area (Å²) in [4.78, 5) is 29.4. The lowest BCUT2D eigenvalue weighted by molar-refractivity contribution is 0.0733. The quantitative estimate of drug-likeness (QED) is 0.0783. The molecule has 0 atom stereocenters. The summed E-state index contributed by atoms with van der Waals surface area (Å²) in [5, 5.41) is 5.61. The molecule has 0 bridgehead atoms. The first-order valence-corrected chi connectivity index (χ1v) is 14.7. The van der Waals surface area contributed by atoms with E-state index >= 15 is 0 Å². The van der Waals surface area contributed by atoms with Crippen molar-refractivity contribution in [2.75, 3.05) is 0 Å². The van der Waals surface area contributed by atoms with Crippen LogP contribution in [-0.2, 0) is 0 Å². The lowest BCUT2D eigenvalue weighted by Gasteiger charge is -2.11. The molecule has 5 aromatic rings. The number of rotatable bonds is 6. The normalized spacial score (nSPS) is 11.2. The van der Waals surface area contributed by atoms with E-state index in [4.69, 9.17) is 27.9 Å². The van der Waals surface area contributed by atoms with E-state index in [1.54, 1.807) is 18.2 Å².